The first-order chi connectivity index (χ1) is 9.97. The summed E-state index contributed by atoms with van der Waals surface area (Å²) in [5.41, 5.74) is 6.22. The van der Waals surface area contributed by atoms with Crippen LogP contribution in [-0.4, -0.2) is 33.1 Å². The van der Waals surface area contributed by atoms with Gasteiger partial charge < -0.3 is 19.7 Å². The van der Waals surface area contributed by atoms with Gasteiger partial charge in [-0.25, -0.2) is 0 Å². The van der Waals surface area contributed by atoms with E-state index in [4.69, 9.17) is 19.7 Å². The van der Waals surface area contributed by atoms with Gasteiger partial charge in [0.25, 0.3) is 5.89 Å². The zero-order valence-electron chi connectivity index (χ0n) is 11.8. The molecule has 0 saturated carbocycles. The Labute approximate surface area is 125 Å². The third-order valence-corrected chi connectivity index (χ3v) is 3.83. The topological polar surface area (TPSA) is 115 Å². The number of furan rings is 1. The molecule has 21 heavy (non-hydrogen) atoms. The third-order valence-electron chi connectivity index (χ3n) is 2.85. The van der Waals surface area contributed by atoms with Gasteiger partial charge in [0, 0.05) is 0 Å². The van der Waals surface area contributed by atoms with Crippen LogP contribution in [0.3, 0.4) is 0 Å². The molecule has 3 N–H and O–H groups in total. The molecule has 0 aliphatic carbocycles. The number of thioether (sulfide) groups is 1. The number of carboxylic acids is 1. The maximum Gasteiger partial charge on any atom is 0.320 e. The molecule has 7 nitrogen and oxygen atoms in total. The Morgan fingerprint density at radius 2 is 2.19 bits per heavy atom. The van der Waals surface area contributed by atoms with Gasteiger partial charge in [-0.05, 0) is 32.1 Å². The van der Waals surface area contributed by atoms with E-state index >= 15 is 0 Å². The van der Waals surface area contributed by atoms with Crippen LogP contribution in [0.15, 0.2) is 14.9 Å². The lowest BCUT2D eigenvalue weighted by Crippen LogP contribution is -2.30. The first-order valence-corrected chi connectivity index (χ1v) is 7.58. The summed E-state index contributed by atoms with van der Waals surface area (Å²) >= 11 is 1.51. The summed E-state index contributed by atoms with van der Waals surface area (Å²) in [5, 5.41) is 16.6. The number of aryl methyl sites for hydroxylation is 2. The minimum atomic E-state index is -0.985. The Balaban J connectivity index is 1.86. The fourth-order valence-electron chi connectivity index (χ4n) is 1.76. The highest BCUT2D eigenvalue weighted by molar-refractivity contribution is 7.98. The van der Waals surface area contributed by atoms with Gasteiger partial charge in [0.05, 0.1) is 11.3 Å². The Bertz CT molecular complexity index is 623. The van der Waals surface area contributed by atoms with E-state index in [2.05, 4.69) is 10.2 Å². The summed E-state index contributed by atoms with van der Waals surface area (Å²) in [7, 11) is 0. The number of aliphatic carboxylic acids is 1. The molecule has 0 aromatic carbocycles. The zero-order chi connectivity index (χ0) is 15.4. The van der Waals surface area contributed by atoms with E-state index in [-0.39, 0.29) is 0 Å². The maximum atomic E-state index is 10.6. The van der Waals surface area contributed by atoms with Crippen molar-refractivity contribution in [3.8, 4) is 11.5 Å². The van der Waals surface area contributed by atoms with Gasteiger partial charge in [0.2, 0.25) is 5.89 Å². The van der Waals surface area contributed by atoms with Crippen molar-refractivity contribution in [2.45, 2.75) is 32.1 Å². The number of nitrogens with zero attached hydrogens (tertiary/aromatic N) is 2. The van der Waals surface area contributed by atoms with E-state index < -0.39 is 12.0 Å². The molecular formula is C13H17N3O4S. The first-order valence-electron chi connectivity index (χ1n) is 6.43. The van der Waals surface area contributed by atoms with Gasteiger partial charge in [-0.1, -0.05) is 0 Å². The molecule has 1 unspecified atom stereocenters. The van der Waals surface area contributed by atoms with Crippen molar-refractivity contribution in [3.05, 3.63) is 23.5 Å². The van der Waals surface area contributed by atoms with Crippen molar-refractivity contribution < 1.29 is 18.7 Å². The highest BCUT2D eigenvalue weighted by atomic mass is 32.2. The molecule has 1 atom stereocenters. The van der Waals surface area contributed by atoms with Gasteiger partial charge in [0.1, 0.15) is 17.6 Å². The van der Waals surface area contributed by atoms with Gasteiger partial charge >= 0.3 is 5.97 Å². The summed E-state index contributed by atoms with van der Waals surface area (Å²) in [4.78, 5) is 10.6. The largest absolute Gasteiger partial charge is 0.480 e. The Morgan fingerprint density at radius 1 is 1.43 bits per heavy atom. The van der Waals surface area contributed by atoms with Crippen molar-refractivity contribution >= 4 is 17.7 Å². The number of carbonyl (C=O) groups is 1. The van der Waals surface area contributed by atoms with Crippen LogP contribution in [0, 0.1) is 13.8 Å². The lowest BCUT2D eigenvalue weighted by molar-refractivity contribution is -0.138. The van der Waals surface area contributed by atoms with E-state index in [1.54, 1.807) is 0 Å². The second kappa shape index (κ2) is 6.77. The molecular weight excluding hydrogens is 294 g/mol. The van der Waals surface area contributed by atoms with Crippen LogP contribution in [0.1, 0.15) is 23.8 Å². The monoisotopic (exact) mass is 311 g/mol. The standard InChI is InChI=1S/C13H17N3O4S/c1-7-5-9(8(2)19-7)12-16-15-11(20-12)6-21-4-3-10(14)13(17)18/h5,10H,3-4,6,14H2,1-2H3,(H,17,18). The molecule has 114 valence electrons. The summed E-state index contributed by atoms with van der Waals surface area (Å²) in [5.74, 6) is 2.62. The third kappa shape index (κ3) is 4.08. The average molecular weight is 311 g/mol. The lowest BCUT2D eigenvalue weighted by Gasteiger charge is -2.04. The minimum Gasteiger partial charge on any atom is -0.480 e. The van der Waals surface area contributed by atoms with Crippen LogP contribution in [0.2, 0.25) is 0 Å². The van der Waals surface area contributed by atoms with Gasteiger partial charge in [-0.2, -0.15) is 11.8 Å². The van der Waals surface area contributed by atoms with Gasteiger partial charge in [-0.3, -0.25) is 4.79 Å². The second-order valence-corrected chi connectivity index (χ2v) is 5.72. The van der Waals surface area contributed by atoms with Gasteiger partial charge in [0.15, 0.2) is 0 Å². The molecule has 0 amide bonds. The number of hydrogen-bond acceptors (Lipinski definition) is 7. The Morgan fingerprint density at radius 3 is 2.81 bits per heavy atom. The number of carboxylic acid groups (broad SMARTS) is 1. The molecule has 0 saturated heterocycles. The molecule has 0 aliphatic heterocycles. The summed E-state index contributed by atoms with van der Waals surface area (Å²) < 4.78 is 11.0. The summed E-state index contributed by atoms with van der Waals surface area (Å²) in [6.07, 6.45) is 0.404. The lowest BCUT2D eigenvalue weighted by atomic mass is 10.2. The van der Waals surface area contributed by atoms with Crippen LogP contribution in [-0.2, 0) is 10.5 Å². The van der Waals surface area contributed by atoms with Crippen molar-refractivity contribution in [2.24, 2.45) is 5.73 Å². The second-order valence-electron chi connectivity index (χ2n) is 4.61. The predicted octanol–water partition coefficient (Wildman–Crippen LogP) is 1.98. The quantitative estimate of drug-likeness (QED) is 0.746. The van der Waals surface area contributed by atoms with Crippen LogP contribution in [0.25, 0.3) is 11.5 Å². The minimum absolute atomic E-state index is 0.404. The highest BCUT2D eigenvalue weighted by Crippen LogP contribution is 2.26. The van der Waals surface area contributed by atoms with E-state index in [0.29, 0.717) is 29.7 Å². The van der Waals surface area contributed by atoms with Crippen LogP contribution < -0.4 is 5.73 Å². The molecule has 2 rings (SSSR count). The van der Waals surface area contributed by atoms with E-state index in [9.17, 15) is 4.79 Å². The first kappa shape index (κ1) is 15.6. The molecule has 2 aromatic heterocycles. The zero-order valence-corrected chi connectivity index (χ0v) is 12.6. The number of aromatic nitrogens is 2. The van der Waals surface area contributed by atoms with Crippen LogP contribution in [0.4, 0.5) is 0 Å². The summed E-state index contributed by atoms with van der Waals surface area (Å²) in [6, 6.07) is 1.03. The molecule has 0 radical (unpaired) electrons. The average Bonchev–Trinajstić information content (AvgIpc) is 3.00. The smallest absolute Gasteiger partial charge is 0.320 e. The molecule has 0 fully saturated rings. The fraction of sp³-hybridized carbons (Fsp3) is 0.462. The highest BCUT2D eigenvalue weighted by Gasteiger charge is 2.15. The SMILES string of the molecule is Cc1cc(-c2nnc(CSCCC(N)C(=O)O)o2)c(C)o1. The normalized spacial score (nSPS) is 12.5. The van der Waals surface area contributed by atoms with E-state index in [1.807, 2.05) is 19.9 Å². The molecule has 8 heteroatoms. The van der Waals surface area contributed by atoms with Crippen molar-refractivity contribution in [1.82, 2.24) is 10.2 Å². The summed E-state index contributed by atoms with van der Waals surface area (Å²) in [6.45, 7) is 3.70. The molecule has 0 spiro atoms. The Hall–Kier alpha value is -1.80. The maximum absolute atomic E-state index is 10.6. The number of rotatable bonds is 7. The number of nitrogens with two attached hydrogens (primary N) is 1. The molecule has 0 aliphatic rings. The molecule has 2 aromatic rings. The van der Waals surface area contributed by atoms with Crippen molar-refractivity contribution in [3.63, 3.8) is 0 Å². The predicted molar refractivity (Wildman–Crippen MR) is 77.9 cm³/mol. The molecule has 0 bridgehead atoms. The Kier molecular flexibility index (Phi) is 5.03. The van der Waals surface area contributed by atoms with Crippen molar-refractivity contribution in [2.75, 3.05) is 5.75 Å². The van der Waals surface area contributed by atoms with Crippen LogP contribution >= 0.6 is 11.8 Å². The fourth-order valence-corrected chi connectivity index (χ4v) is 2.61. The van der Waals surface area contributed by atoms with E-state index in [0.717, 1.165) is 17.1 Å². The van der Waals surface area contributed by atoms with E-state index in [1.165, 1.54) is 11.8 Å². The van der Waals surface area contributed by atoms with Crippen LogP contribution in [0.5, 0.6) is 0 Å². The molecule has 2 heterocycles. The van der Waals surface area contributed by atoms with Crippen molar-refractivity contribution in [1.29, 1.82) is 0 Å². The van der Waals surface area contributed by atoms with Gasteiger partial charge in [-0.15, -0.1) is 10.2 Å². The number of hydrogen-bond donors (Lipinski definition) is 2.